The van der Waals surface area contributed by atoms with E-state index in [-0.39, 0.29) is 11.9 Å². The fourth-order valence-corrected chi connectivity index (χ4v) is 3.29. The first-order valence-electron chi connectivity index (χ1n) is 9.02. The molecule has 4 heteroatoms. The number of piperazine rings is 1. The van der Waals surface area contributed by atoms with Gasteiger partial charge >= 0.3 is 0 Å². The molecular weight excluding hydrogens is 312 g/mol. The Bertz CT molecular complexity index is 652. The van der Waals surface area contributed by atoms with E-state index in [1.807, 2.05) is 48.2 Å². The Kier molecular flexibility index (Phi) is 6.07. The summed E-state index contributed by atoms with van der Waals surface area (Å²) in [6.45, 7) is 5.88. The Morgan fingerprint density at radius 3 is 2.16 bits per heavy atom. The van der Waals surface area contributed by atoms with E-state index in [4.69, 9.17) is 4.74 Å². The molecule has 3 rings (SSSR count). The average molecular weight is 338 g/mol. The van der Waals surface area contributed by atoms with Crippen LogP contribution in [0.15, 0.2) is 60.7 Å². The van der Waals surface area contributed by atoms with Gasteiger partial charge in [-0.1, -0.05) is 55.5 Å². The lowest BCUT2D eigenvalue weighted by Gasteiger charge is -2.39. The number of hydrogen-bond acceptors (Lipinski definition) is 3. The van der Waals surface area contributed by atoms with Gasteiger partial charge in [0.15, 0.2) is 0 Å². The normalized spacial score (nSPS) is 16.4. The van der Waals surface area contributed by atoms with E-state index in [9.17, 15) is 4.79 Å². The first kappa shape index (κ1) is 17.5. The number of amides is 1. The largest absolute Gasteiger partial charge is 0.492 e. The number of benzene rings is 2. The summed E-state index contributed by atoms with van der Waals surface area (Å²) in [5.41, 5.74) is 1.26. The second-order valence-corrected chi connectivity index (χ2v) is 6.32. The van der Waals surface area contributed by atoms with Gasteiger partial charge in [-0.3, -0.25) is 9.69 Å². The van der Waals surface area contributed by atoms with Crippen LogP contribution in [0.3, 0.4) is 0 Å². The molecule has 1 atom stereocenters. The highest BCUT2D eigenvalue weighted by molar-refractivity contribution is 5.75. The highest BCUT2D eigenvalue weighted by Crippen LogP contribution is 2.24. The molecule has 0 spiro atoms. The maximum atomic E-state index is 11.9. The minimum absolute atomic E-state index is 0.195. The van der Waals surface area contributed by atoms with E-state index in [1.54, 1.807) is 0 Å². The van der Waals surface area contributed by atoms with Gasteiger partial charge in [-0.2, -0.15) is 0 Å². The van der Waals surface area contributed by atoms with E-state index in [0.717, 1.165) is 31.9 Å². The number of carbonyl (C=O) groups is 1. The second kappa shape index (κ2) is 8.67. The minimum atomic E-state index is 0.195. The maximum absolute atomic E-state index is 11.9. The lowest BCUT2D eigenvalue weighted by Crippen LogP contribution is -2.50. The first-order chi connectivity index (χ1) is 12.3. The molecule has 0 saturated carbocycles. The molecule has 1 aliphatic heterocycles. The quantitative estimate of drug-likeness (QED) is 0.810. The third kappa shape index (κ3) is 4.60. The number of para-hydroxylation sites is 1. The van der Waals surface area contributed by atoms with Crippen molar-refractivity contribution in [3.63, 3.8) is 0 Å². The van der Waals surface area contributed by atoms with Crippen LogP contribution in [-0.4, -0.2) is 48.5 Å². The topological polar surface area (TPSA) is 32.8 Å². The van der Waals surface area contributed by atoms with Crippen LogP contribution in [0.2, 0.25) is 0 Å². The van der Waals surface area contributed by atoms with Crippen molar-refractivity contribution in [3.05, 3.63) is 66.2 Å². The van der Waals surface area contributed by atoms with Gasteiger partial charge in [0.1, 0.15) is 12.4 Å². The van der Waals surface area contributed by atoms with Crippen LogP contribution < -0.4 is 4.74 Å². The summed E-state index contributed by atoms with van der Waals surface area (Å²) in [6.07, 6.45) is 0.583. The number of carbonyl (C=O) groups excluding carboxylic acids is 1. The first-order valence-corrected chi connectivity index (χ1v) is 9.02. The van der Waals surface area contributed by atoms with Crippen LogP contribution >= 0.6 is 0 Å². The van der Waals surface area contributed by atoms with Crippen molar-refractivity contribution in [2.75, 3.05) is 32.8 Å². The van der Waals surface area contributed by atoms with Gasteiger partial charge in [0.05, 0.1) is 6.04 Å². The molecule has 0 bridgehead atoms. The van der Waals surface area contributed by atoms with Gasteiger partial charge in [0, 0.05) is 32.6 Å². The zero-order chi connectivity index (χ0) is 17.5. The van der Waals surface area contributed by atoms with Crippen molar-refractivity contribution in [2.45, 2.75) is 19.4 Å². The Hall–Kier alpha value is -2.33. The van der Waals surface area contributed by atoms with Gasteiger partial charge < -0.3 is 9.64 Å². The van der Waals surface area contributed by atoms with E-state index in [0.29, 0.717) is 13.0 Å². The molecule has 0 radical (unpaired) electrons. The van der Waals surface area contributed by atoms with Crippen molar-refractivity contribution in [1.29, 1.82) is 0 Å². The summed E-state index contributed by atoms with van der Waals surface area (Å²) >= 11 is 0. The van der Waals surface area contributed by atoms with Crippen molar-refractivity contribution in [2.24, 2.45) is 0 Å². The lowest BCUT2D eigenvalue weighted by molar-refractivity contribution is -0.133. The molecule has 0 N–H and O–H groups in total. The van der Waals surface area contributed by atoms with Gasteiger partial charge in [0.25, 0.3) is 0 Å². The smallest absolute Gasteiger partial charge is 0.222 e. The average Bonchev–Trinajstić information content (AvgIpc) is 2.69. The van der Waals surface area contributed by atoms with Crippen molar-refractivity contribution in [3.8, 4) is 5.75 Å². The van der Waals surface area contributed by atoms with E-state index in [1.165, 1.54) is 5.56 Å². The fraction of sp³-hybridized carbons (Fsp3) is 0.381. The molecule has 1 heterocycles. The molecule has 0 aromatic heterocycles. The summed E-state index contributed by atoms with van der Waals surface area (Å²) in [5.74, 6) is 1.14. The lowest BCUT2D eigenvalue weighted by atomic mass is 10.0. The van der Waals surface area contributed by atoms with Crippen LogP contribution in [0.1, 0.15) is 24.9 Å². The zero-order valence-corrected chi connectivity index (χ0v) is 14.8. The Labute approximate surface area is 150 Å². The molecule has 0 aliphatic carbocycles. The summed E-state index contributed by atoms with van der Waals surface area (Å²) in [6, 6.07) is 20.6. The molecular formula is C21H26N2O2. The molecule has 132 valence electrons. The highest BCUT2D eigenvalue weighted by Gasteiger charge is 2.27. The fourth-order valence-electron chi connectivity index (χ4n) is 3.29. The molecule has 2 aromatic carbocycles. The third-order valence-electron chi connectivity index (χ3n) is 4.75. The molecule has 1 amide bonds. The summed E-state index contributed by atoms with van der Waals surface area (Å²) in [7, 11) is 0. The van der Waals surface area contributed by atoms with Crippen molar-refractivity contribution in [1.82, 2.24) is 9.80 Å². The third-order valence-corrected chi connectivity index (χ3v) is 4.75. The van der Waals surface area contributed by atoms with Crippen LogP contribution in [-0.2, 0) is 4.79 Å². The molecule has 1 fully saturated rings. The Morgan fingerprint density at radius 2 is 1.56 bits per heavy atom. The zero-order valence-electron chi connectivity index (χ0n) is 14.8. The SMILES string of the molecule is CCC(=O)N1CCN(C(COc2ccccc2)c2ccccc2)CC1. The van der Waals surface area contributed by atoms with Gasteiger partial charge in [0.2, 0.25) is 5.91 Å². The van der Waals surface area contributed by atoms with E-state index in [2.05, 4.69) is 29.2 Å². The van der Waals surface area contributed by atoms with E-state index >= 15 is 0 Å². The summed E-state index contributed by atoms with van der Waals surface area (Å²) < 4.78 is 6.05. The predicted octanol–water partition coefficient (Wildman–Crippen LogP) is 3.36. The molecule has 4 nitrogen and oxygen atoms in total. The molecule has 1 unspecified atom stereocenters. The number of nitrogens with zero attached hydrogens (tertiary/aromatic N) is 2. The van der Waals surface area contributed by atoms with Crippen LogP contribution in [0, 0.1) is 0 Å². The number of ether oxygens (including phenoxy) is 1. The van der Waals surface area contributed by atoms with Gasteiger partial charge in [-0.25, -0.2) is 0 Å². The molecule has 1 aliphatic rings. The number of hydrogen-bond donors (Lipinski definition) is 0. The molecule has 1 saturated heterocycles. The molecule has 25 heavy (non-hydrogen) atoms. The summed E-state index contributed by atoms with van der Waals surface area (Å²) in [5, 5.41) is 0. The maximum Gasteiger partial charge on any atom is 0.222 e. The van der Waals surface area contributed by atoms with Crippen molar-refractivity contribution >= 4 is 5.91 Å². The highest BCUT2D eigenvalue weighted by atomic mass is 16.5. The Morgan fingerprint density at radius 1 is 0.960 bits per heavy atom. The van der Waals surface area contributed by atoms with Gasteiger partial charge in [-0.05, 0) is 17.7 Å². The van der Waals surface area contributed by atoms with Crippen LogP contribution in [0.5, 0.6) is 5.75 Å². The summed E-state index contributed by atoms with van der Waals surface area (Å²) in [4.78, 5) is 16.3. The van der Waals surface area contributed by atoms with Crippen molar-refractivity contribution < 1.29 is 9.53 Å². The number of rotatable bonds is 6. The standard InChI is InChI=1S/C21H26N2O2/c1-2-21(24)23-15-13-22(14-16-23)20(18-9-5-3-6-10-18)17-25-19-11-7-4-8-12-19/h3-12,20H,2,13-17H2,1H3. The monoisotopic (exact) mass is 338 g/mol. The van der Waals surface area contributed by atoms with Crippen LogP contribution in [0.4, 0.5) is 0 Å². The molecule has 2 aromatic rings. The Balaban J connectivity index is 1.68. The van der Waals surface area contributed by atoms with E-state index < -0.39 is 0 Å². The van der Waals surface area contributed by atoms with Crippen LogP contribution in [0.25, 0.3) is 0 Å². The minimum Gasteiger partial charge on any atom is -0.492 e. The predicted molar refractivity (Wildman–Crippen MR) is 99.6 cm³/mol. The second-order valence-electron chi connectivity index (χ2n) is 6.32. The van der Waals surface area contributed by atoms with Gasteiger partial charge in [-0.15, -0.1) is 0 Å².